The van der Waals surface area contributed by atoms with Gasteiger partial charge in [-0.2, -0.15) is 0 Å². The van der Waals surface area contributed by atoms with Gasteiger partial charge in [-0.3, -0.25) is 4.98 Å². The minimum absolute atomic E-state index is 0.689. The summed E-state index contributed by atoms with van der Waals surface area (Å²) in [5.41, 5.74) is 2.97. The van der Waals surface area contributed by atoms with E-state index in [0.29, 0.717) is 5.22 Å². The quantitative estimate of drug-likeness (QED) is 0.826. The second kappa shape index (κ2) is 5.03. The first-order valence-corrected chi connectivity index (χ1v) is 5.94. The molecule has 5 heteroatoms. The van der Waals surface area contributed by atoms with Gasteiger partial charge in [0.1, 0.15) is 6.26 Å². The van der Waals surface area contributed by atoms with E-state index in [1.165, 1.54) is 0 Å². The van der Waals surface area contributed by atoms with Gasteiger partial charge in [0.05, 0.1) is 11.4 Å². The molecular formula is C11H13N3OS. The summed E-state index contributed by atoms with van der Waals surface area (Å²) in [4.78, 5) is 8.50. The number of anilines is 1. The van der Waals surface area contributed by atoms with E-state index >= 15 is 0 Å². The number of hydrogen-bond acceptors (Lipinski definition) is 5. The highest BCUT2D eigenvalue weighted by atomic mass is 32.2. The minimum Gasteiger partial charge on any atom is -0.440 e. The standard InChI is InChI=1S/C11H13N3OS/c1-8-6-15-11(14-8)16-7-10-5-9(12-2)3-4-13-10/h3-6H,7H2,1-2H3,(H,12,13). The van der Waals surface area contributed by atoms with Gasteiger partial charge in [0.25, 0.3) is 5.22 Å². The molecule has 2 heterocycles. The Kier molecular flexibility index (Phi) is 3.46. The topological polar surface area (TPSA) is 51.0 Å². The first kappa shape index (κ1) is 11.0. The molecule has 0 aliphatic rings. The number of rotatable bonds is 4. The van der Waals surface area contributed by atoms with Crippen LogP contribution in [0.1, 0.15) is 11.4 Å². The maximum atomic E-state index is 5.25. The molecule has 2 aromatic heterocycles. The van der Waals surface area contributed by atoms with Crippen molar-refractivity contribution in [2.45, 2.75) is 17.9 Å². The summed E-state index contributed by atoms with van der Waals surface area (Å²) >= 11 is 1.55. The van der Waals surface area contributed by atoms with Crippen molar-refractivity contribution >= 4 is 17.4 Å². The normalized spacial score (nSPS) is 10.4. The van der Waals surface area contributed by atoms with E-state index in [2.05, 4.69) is 15.3 Å². The largest absolute Gasteiger partial charge is 0.440 e. The summed E-state index contributed by atoms with van der Waals surface area (Å²) < 4.78 is 5.25. The molecule has 4 nitrogen and oxygen atoms in total. The zero-order chi connectivity index (χ0) is 11.4. The SMILES string of the molecule is CNc1ccnc(CSc2nc(C)co2)c1. The van der Waals surface area contributed by atoms with Crippen LogP contribution in [-0.2, 0) is 5.75 Å². The van der Waals surface area contributed by atoms with Crippen LogP contribution in [0.25, 0.3) is 0 Å². The number of pyridine rings is 1. The van der Waals surface area contributed by atoms with Crippen molar-refractivity contribution in [3.05, 3.63) is 36.0 Å². The Hall–Kier alpha value is -1.49. The van der Waals surface area contributed by atoms with Gasteiger partial charge in [-0.25, -0.2) is 4.98 Å². The van der Waals surface area contributed by atoms with E-state index in [9.17, 15) is 0 Å². The molecule has 0 bridgehead atoms. The van der Waals surface area contributed by atoms with Crippen molar-refractivity contribution < 1.29 is 4.42 Å². The van der Waals surface area contributed by atoms with Crippen LogP contribution >= 0.6 is 11.8 Å². The molecule has 16 heavy (non-hydrogen) atoms. The van der Waals surface area contributed by atoms with Crippen molar-refractivity contribution in [2.24, 2.45) is 0 Å². The lowest BCUT2D eigenvalue weighted by atomic mass is 10.3. The molecule has 2 rings (SSSR count). The van der Waals surface area contributed by atoms with Crippen molar-refractivity contribution in [3.8, 4) is 0 Å². The molecule has 0 saturated heterocycles. The molecule has 2 aromatic rings. The molecule has 0 spiro atoms. The fraction of sp³-hybridized carbons (Fsp3) is 0.273. The van der Waals surface area contributed by atoms with Crippen LogP contribution in [0.3, 0.4) is 0 Å². The van der Waals surface area contributed by atoms with Crippen molar-refractivity contribution in [1.29, 1.82) is 0 Å². The number of thioether (sulfide) groups is 1. The lowest BCUT2D eigenvalue weighted by Crippen LogP contribution is -1.92. The number of aromatic nitrogens is 2. The summed E-state index contributed by atoms with van der Waals surface area (Å²) in [6.45, 7) is 1.91. The number of hydrogen-bond donors (Lipinski definition) is 1. The van der Waals surface area contributed by atoms with E-state index in [1.54, 1.807) is 24.2 Å². The smallest absolute Gasteiger partial charge is 0.256 e. The Morgan fingerprint density at radius 1 is 1.50 bits per heavy atom. The fourth-order valence-electron chi connectivity index (χ4n) is 1.25. The van der Waals surface area contributed by atoms with Crippen molar-refractivity contribution in [3.63, 3.8) is 0 Å². The van der Waals surface area contributed by atoms with Crippen LogP contribution in [0.5, 0.6) is 0 Å². The van der Waals surface area contributed by atoms with Crippen LogP contribution in [0.2, 0.25) is 0 Å². The second-order valence-electron chi connectivity index (χ2n) is 3.33. The molecular weight excluding hydrogens is 222 g/mol. The predicted molar refractivity (Wildman–Crippen MR) is 64.6 cm³/mol. The minimum atomic E-state index is 0.689. The van der Waals surface area contributed by atoms with E-state index < -0.39 is 0 Å². The van der Waals surface area contributed by atoms with Crippen LogP contribution < -0.4 is 5.32 Å². The Morgan fingerprint density at radius 3 is 3.06 bits per heavy atom. The molecule has 0 atom stereocenters. The third kappa shape index (κ3) is 2.76. The molecule has 0 aliphatic heterocycles. The van der Waals surface area contributed by atoms with Crippen molar-refractivity contribution in [2.75, 3.05) is 12.4 Å². The summed E-state index contributed by atoms with van der Waals surface area (Å²) in [5.74, 6) is 0.759. The lowest BCUT2D eigenvalue weighted by Gasteiger charge is -2.01. The molecule has 0 amide bonds. The third-order valence-electron chi connectivity index (χ3n) is 2.05. The zero-order valence-electron chi connectivity index (χ0n) is 9.23. The van der Waals surface area contributed by atoms with E-state index in [0.717, 1.165) is 22.8 Å². The van der Waals surface area contributed by atoms with E-state index in [1.807, 2.05) is 26.1 Å². The number of nitrogens with one attached hydrogen (secondary N) is 1. The number of nitrogens with zero attached hydrogens (tertiary/aromatic N) is 2. The first-order chi connectivity index (χ1) is 7.78. The van der Waals surface area contributed by atoms with E-state index in [4.69, 9.17) is 4.42 Å². The van der Waals surface area contributed by atoms with Gasteiger partial charge in [-0.15, -0.1) is 0 Å². The highest BCUT2D eigenvalue weighted by Crippen LogP contribution is 2.21. The average Bonchev–Trinajstić information content (AvgIpc) is 2.73. The molecule has 0 aliphatic carbocycles. The highest BCUT2D eigenvalue weighted by Gasteiger charge is 2.03. The van der Waals surface area contributed by atoms with Gasteiger partial charge in [0, 0.05) is 24.7 Å². The van der Waals surface area contributed by atoms with Gasteiger partial charge in [0.15, 0.2) is 0 Å². The Balaban J connectivity index is 1.99. The predicted octanol–water partition coefficient (Wildman–Crippen LogP) is 2.71. The molecule has 0 aromatic carbocycles. The Bertz CT molecular complexity index is 470. The maximum absolute atomic E-state index is 5.25. The molecule has 0 saturated carbocycles. The van der Waals surface area contributed by atoms with Gasteiger partial charge < -0.3 is 9.73 Å². The van der Waals surface area contributed by atoms with Crippen LogP contribution in [0.15, 0.2) is 34.2 Å². The molecule has 0 unspecified atom stereocenters. The van der Waals surface area contributed by atoms with Gasteiger partial charge in [-0.05, 0) is 19.1 Å². The first-order valence-electron chi connectivity index (χ1n) is 4.95. The third-order valence-corrected chi connectivity index (χ3v) is 2.92. The molecule has 1 N–H and O–H groups in total. The average molecular weight is 235 g/mol. The fourth-order valence-corrected chi connectivity index (χ4v) is 2.00. The van der Waals surface area contributed by atoms with Crippen LogP contribution in [0, 0.1) is 6.92 Å². The summed E-state index contributed by atoms with van der Waals surface area (Å²) in [6.07, 6.45) is 3.45. The van der Waals surface area contributed by atoms with Gasteiger partial charge in [0.2, 0.25) is 0 Å². The Labute approximate surface area is 98.5 Å². The van der Waals surface area contributed by atoms with Gasteiger partial charge in [-0.1, -0.05) is 11.8 Å². The van der Waals surface area contributed by atoms with Crippen LogP contribution in [-0.4, -0.2) is 17.0 Å². The summed E-state index contributed by atoms with van der Waals surface area (Å²) in [5, 5.41) is 3.77. The maximum Gasteiger partial charge on any atom is 0.256 e. The molecule has 0 radical (unpaired) electrons. The van der Waals surface area contributed by atoms with Crippen LogP contribution in [0.4, 0.5) is 5.69 Å². The summed E-state index contributed by atoms with van der Waals surface area (Å²) in [7, 11) is 1.89. The number of aryl methyl sites for hydroxylation is 1. The Morgan fingerprint density at radius 2 is 2.38 bits per heavy atom. The lowest BCUT2D eigenvalue weighted by molar-refractivity contribution is 0.454. The summed E-state index contributed by atoms with van der Waals surface area (Å²) in [6, 6.07) is 3.95. The molecule has 84 valence electrons. The second-order valence-corrected chi connectivity index (χ2v) is 4.26. The van der Waals surface area contributed by atoms with Gasteiger partial charge >= 0.3 is 0 Å². The number of oxazole rings is 1. The molecule has 0 fully saturated rings. The van der Waals surface area contributed by atoms with E-state index in [-0.39, 0.29) is 0 Å². The zero-order valence-corrected chi connectivity index (χ0v) is 10.0. The highest BCUT2D eigenvalue weighted by molar-refractivity contribution is 7.98. The monoisotopic (exact) mass is 235 g/mol. The van der Waals surface area contributed by atoms with Crippen molar-refractivity contribution in [1.82, 2.24) is 9.97 Å².